The van der Waals surface area contributed by atoms with Crippen molar-refractivity contribution in [3.8, 4) is 0 Å². The van der Waals surface area contributed by atoms with Gasteiger partial charge in [0.1, 0.15) is 0 Å². The Morgan fingerprint density at radius 2 is 2.32 bits per heavy atom. The summed E-state index contributed by atoms with van der Waals surface area (Å²) < 4.78 is 9.07. The van der Waals surface area contributed by atoms with Crippen LogP contribution in [0.2, 0.25) is 0 Å². The average Bonchev–Trinajstić information content (AvgIpc) is 2.99. The molecular formula is C12H20N6O. The molecule has 2 aromatic heterocycles. The predicted octanol–water partition coefficient (Wildman–Crippen LogP) is 1.10. The van der Waals surface area contributed by atoms with Crippen LogP contribution in [-0.2, 0) is 11.3 Å². The molecule has 2 aromatic rings. The molecule has 2 rings (SSSR count). The monoisotopic (exact) mass is 264 g/mol. The number of hydrogen-bond donors (Lipinski definition) is 1. The lowest BCUT2D eigenvalue weighted by Crippen LogP contribution is -2.17. The highest BCUT2D eigenvalue weighted by molar-refractivity contribution is 5.29. The molecule has 7 nitrogen and oxygen atoms in total. The van der Waals surface area contributed by atoms with Crippen molar-refractivity contribution in [2.24, 2.45) is 0 Å². The number of nitrogens with zero attached hydrogens (tertiary/aromatic N) is 5. The second-order valence-electron chi connectivity index (χ2n) is 4.51. The van der Waals surface area contributed by atoms with Gasteiger partial charge >= 0.3 is 0 Å². The van der Waals surface area contributed by atoms with Crippen LogP contribution < -0.4 is 5.32 Å². The van der Waals surface area contributed by atoms with E-state index in [2.05, 4.69) is 32.1 Å². The normalized spacial score (nSPS) is 12.6. The molecule has 0 saturated heterocycles. The summed E-state index contributed by atoms with van der Waals surface area (Å²) >= 11 is 0. The van der Waals surface area contributed by atoms with Crippen LogP contribution in [0, 0.1) is 6.92 Å². The van der Waals surface area contributed by atoms with Gasteiger partial charge in [0, 0.05) is 26.0 Å². The molecule has 0 spiro atoms. The molecule has 2 heterocycles. The van der Waals surface area contributed by atoms with Crippen LogP contribution in [-0.4, -0.2) is 44.8 Å². The van der Waals surface area contributed by atoms with Crippen LogP contribution in [0.3, 0.4) is 0 Å². The van der Waals surface area contributed by atoms with Crippen molar-refractivity contribution in [3.05, 3.63) is 24.3 Å². The van der Waals surface area contributed by atoms with Crippen LogP contribution in [0.4, 0.5) is 5.95 Å². The van der Waals surface area contributed by atoms with Crippen molar-refractivity contribution in [2.75, 3.05) is 25.6 Å². The fraction of sp³-hybridized carbons (Fsp3) is 0.583. The van der Waals surface area contributed by atoms with Crippen LogP contribution in [0.25, 0.3) is 0 Å². The Morgan fingerprint density at radius 3 is 3.00 bits per heavy atom. The van der Waals surface area contributed by atoms with E-state index in [1.165, 1.54) is 0 Å². The van der Waals surface area contributed by atoms with Crippen LogP contribution in [0.5, 0.6) is 0 Å². The summed E-state index contributed by atoms with van der Waals surface area (Å²) in [6.45, 7) is 6.25. The summed E-state index contributed by atoms with van der Waals surface area (Å²) in [6.07, 6.45) is 5.54. The Kier molecular flexibility index (Phi) is 4.51. The number of anilines is 1. The zero-order valence-corrected chi connectivity index (χ0v) is 11.6. The van der Waals surface area contributed by atoms with E-state index in [1.807, 2.05) is 19.3 Å². The lowest BCUT2D eigenvalue weighted by Gasteiger charge is -2.16. The van der Waals surface area contributed by atoms with E-state index in [1.54, 1.807) is 18.0 Å². The fourth-order valence-corrected chi connectivity index (χ4v) is 1.94. The Labute approximate surface area is 112 Å². The van der Waals surface area contributed by atoms with Gasteiger partial charge in [-0.3, -0.25) is 4.68 Å². The highest BCUT2D eigenvalue weighted by atomic mass is 16.5. The summed E-state index contributed by atoms with van der Waals surface area (Å²) in [5.74, 6) is 0.863. The molecule has 19 heavy (non-hydrogen) atoms. The molecule has 0 aromatic carbocycles. The van der Waals surface area contributed by atoms with Crippen molar-refractivity contribution in [2.45, 2.75) is 26.4 Å². The molecular weight excluding hydrogens is 244 g/mol. The molecule has 0 aliphatic carbocycles. The first-order valence-corrected chi connectivity index (χ1v) is 6.33. The number of hydrogen-bond acceptors (Lipinski definition) is 5. The molecule has 0 fully saturated rings. The maximum Gasteiger partial charge on any atom is 0.203 e. The minimum atomic E-state index is 0.250. The maximum atomic E-state index is 5.19. The lowest BCUT2D eigenvalue weighted by atomic mass is 10.3. The Balaban J connectivity index is 1.95. The van der Waals surface area contributed by atoms with Crippen LogP contribution in [0.15, 0.2) is 18.6 Å². The quantitative estimate of drug-likeness (QED) is 0.811. The van der Waals surface area contributed by atoms with Crippen molar-refractivity contribution in [1.29, 1.82) is 0 Å². The second kappa shape index (κ2) is 6.33. The van der Waals surface area contributed by atoms with Crippen LogP contribution >= 0.6 is 0 Å². The minimum Gasteiger partial charge on any atom is -0.383 e. The maximum absolute atomic E-state index is 5.19. The third-order valence-corrected chi connectivity index (χ3v) is 2.83. The van der Waals surface area contributed by atoms with Crippen molar-refractivity contribution in [1.82, 2.24) is 24.5 Å². The van der Waals surface area contributed by atoms with Crippen molar-refractivity contribution in [3.63, 3.8) is 0 Å². The second-order valence-corrected chi connectivity index (χ2v) is 4.51. The van der Waals surface area contributed by atoms with E-state index in [4.69, 9.17) is 4.74 Å². The van der Waals surface area contributed by atoms with Crippen LogP contribution in [0.1, 0.15) is 18.7 Å². The first kappa shape index (κ1) is 13.5. The van der Waals surface area contributed by atoms with Gasteiger partial charge in [-0.05, 0) is 13.8 Å². The van der Waals surface area contributed by atoms with Gasteiger partial charge in [-0.15, -0.1) is 5.10 Å². The molecule has 0 bridgehead atoms. The number of aryl methyl sites for hydroxylation is 1. The van der Waals surface area contributed by atoms with Crippen molar-refractivity contribution >= 4 is 5.95 Å². The number of nitrogens with one attached hydrogen (secondary N) is 1. The first-order valence-electron chi connectivity index (χ1n) is 6.33. The summed E-state index contributed by atoms with van der Waals surface area (Å²) in [7, 11) is 1.71. The Morgan fingerprint density at radius 1 is 1.47 bits per heavy atom. The number of aromatic nitrogens is 5. The van der Waals surface area contributed by atoms with Gasteiger partial charge in [-0.25, -0.2) is 4.98 Å². The van der Waals surface area contributed by atoms with Crippen molar-refractivity contribution < 1.29 is 4.74 Å². The zero-order valence-electron chi connectivity index (χ0n) is 11.6. The first-order chi connectivity index (χ1) is 9.20. The van der Waals surface area contributed by atoms with Gasteiger partial charge in [0.25, 0.3) is 0 Å². The molecule has 1 N–H and O–H groups in total. The van der Waals surface area contributed by atoms with Gasteiger partial charge in [0.05, 0.1) is 31.1 Å². The fourth-order valence-electron chi connectivity index (χ4n) is 1.94. The molecule has 0 aliphatic heterocycles. The molecule has 0 radical (unpaired) electrons. The van der Waals surface area contributed by atoms with Gasteiger partial charge in [0.2, 0.25) is 5.95 Å². The van der Waals surface area contributed by atoms with E-state index in [9.17, 15) is 0 Å². The summed E-state index contributed by atoms with van der Waals surface area (Å²) in [6, 6.07) is 0.250. The topological polar surface area (TPSA) is 69.8 Å². The van der Waals surface area contributed by atoms with E-state index < -0.39 is 0 Å². The molecule has 1 atom stereocenters. The Hall–Kier alpha value is -1.89. The predicted molar refractivity (Wildman–Crippen MR) is 72.1 cm³/mol. The highest BCUT2D eigenvalue weighted by Gasteiger charge is 2.11. The largest absolute Gasteiger partial charge is 0.383 e. The van der Waals surface area contributed by atoms with Gasteiger partial charge in [-0.2, -0.15) is 0 Å². The average molecular weight is 264 g/mol. The lowest BCUT2D eigenvalue weighted by molar-refractivity contribution is 0.163. The molecule has 104 valence electrons. The summed E-state index contributed by atoms with van der Waals surface area (Å²) in [4.78, 5) is 4.48. The summed E-state index contributed by atoms with van der Waals surface area (Å²) in [5, 5.41) is 11.0. The van der Waals surface area contributed by atoms with E-state index in [0.717, 1.165) is 24.7 Å². The van der Waals surface area contributed by atoms with E-state index in [0.29, 0.717) is 6.61 Å². The molecule has 7 heteroatoms. The highest BCUT2D eigenvalue weighted by Crippen LogP contribution is 2.15. The van der Waals surface area contributed by atoms with E-state index in [-0.39, 0.29) is 6.04 Å². The minimum absolute atomic E-state index is 0.250. The molecule has 0 amide bonds. The third kappa shape index (κ3) is 3.54. The SMILES string of the molecule is COCC(C)n1cc(C)nc1NCCn1ccnn1. The zero-order chi connectivity index (χ0) is 13.7. The number of ether oxygens (including phenoxy) is 1. The number of methoxy groups -OCH3 is 1. The van der Waals surface area contributed by atoms with Gasteiger partial charge in [0.15, 0.2) is 0 Å². The van der Waals surface area contributed by atoms with E-state index >= 15 is 0 Å². The Bertz CT molecular complexity index is 492. The standard InChI is InChI=1S/C12H20N6O/c1-10-8-18(11(2)9-19-3)12(15-10)13-4-6-17-7-5-14-16-17/h5,7-8,11H,4,6,9H2,1-3H3,(H,13,15). The summed E-state index contributed by atoms with van der Waals surface area (Å²) in [5.41, 5.74) is 0.992. The number of rotatable bonds is 7. The molecule has 0 saturated carbocycles. The smallest absolute Gasteiger partial charge is 0.203 e. The molecule has 0 aliphatic rings. The van der Waals surface area contributed by atoms with Gasteiger partial charge < -0.3 is 14.6 Å². The number of imidazole rings is 1. The third-order valence-electron chi connectivity index (χ3n) is 2.83. The van der Waals surface area contributed by atoms with Gasteiger partial charge in [-0.1, -0.05) is 5.21 Å². The molecule has 1 unspecified atom stereocenters.